The minimum atomic E-state index is 0.240. The molecule has 1 atom stereocenters. The number of rotatable bonds is 4. The first-order valence-electron chi connectivity index (χ1n) is 5.66. The second kappa shape index (κ2) is 5.07. The Balaban J connectivity index is 1.85. The molecule has 1 aromatic rings. The highest BCUT2D eigenvalue weighted by Gasteiger charge is 2.27. The fraction of sp³-hybridized carbons (Fsp3) is 0.500. The third kappa shape index (κ3) is 2.58. The molecule has 4 heteroatoms. The van der Waals surface area contributed by atoms with Gasteiger partial charge in [0.05, 0.1) is 0 Å². The number of carbonyl (C=O) groups is 1. The van der Waals surface area contributed by atoms with Crippen LogP contribution in [0.5, 0.6) is 0 Å². The summed E-state index contributed by atoms with van der Waals surface area (Å²) in [6.45, 7) is 2.22. The van der Waals surface area contributed by atoms with Crippen LogP contribution in [0.15, 0.2) is 24.5 Å². The van der Waals surface area contributed by atoms with E-state index in [0.717, 1.165) is 19.5 Å². The van der Waals surface area contributed by atoms with Gasteiger partial charge in [0.25, 0.3) is 0 Å². The summed E-state index contributed by atoms with van der Waals surface area (Å²) in [6, 6.07) is 3.97. The van der Waals surface area contributed by atoms with E-state index in [2.05, 4.69) is 4.98 Å². The maximum Gasteiger partial charge on any atom is 0.222 e. The van der Waals surface area contributed by atoms with E-state index in [0.29, 0.717) is 18.9 Å². The highest BCUT2D eigenvalue weighted by Crippen LogP contribution is 2.16. The van der Waals surface area contributed by atoms with Crippen LogP contribution in [0.1, 0.15) is 12.0 Å². The van der Waals surface area contributed by atoms with Gasteiger partial charge in [-0.1, -0.05) is 0 Å². The number of aromatic nitrogens is 1. The zero-order valence-corrected chi connectivity index (χ0v) is 9.30. The lowest BCUT2D eigenvalue weighted by molar-refractivity contribution is -0.127. The van der Waals surface area contributed by atoms with Gasteiger partial charge in [-0.3, -0.25) is 9.78 Å². The van der Waals surface area contributed by atoms with Crippen molar-refractivity contribution in [2.24, 2.45) is 11.7 Å². The Morgan fingerprint density at radius 1 is 1.44 bits per heavy atom. The van der Waals surface area contributed by atoms with Crippen LogP contribution >= 0.6 is 0 Å². The Kier molecular flexibility index (Phi) is 3.51. The van der Waals surface area contributed by atoms with E-state index >= 15 is 0 Å². The molecule has 2 rings (SSSR count). The van der Waals surface area contributed by atoms with Gasteiger partial charge in [-0.2, -0.15) is 0 Å². The molecule has 86 valence electrons. The van der Waals surface area contributed by atoms with E-state index < -0.39 is 0 Å². The van der Waals surface area contributed by atoms with Crippen LogP contribution in [0, 0.1) is 5.92 Å². The van der Waals surface area contributed by atoms with Crippen LogP contribution < -0.4 is 5.73 Å². The van der Waals surface area contributed by atoms with Crippen LogP contribution in [-0.4, -0.2) is 35.4 Å². The van der Waals surface area contributed by atoms with Crippen LogP contribution in [-0.2, 0) is 11.2 Å². The van der Waals surface area contributed by atoms with Gasteiger partial charge < -0.3 is 10.6 Å². The van der Waals surface area contributed by atoms with Gasteiger partial charge in [-0.05, 0) is 36.6 Å². The molecule has 16 heavy (non-hydrogen) atoms. The molecular formula is C12H17N3O. The molecule has 1 aliphatic rings. The van der Waals surface area contributed by atoms with E-state index in [1.807, 2.05) is 17.0 Å². The molecule has 2 N–H and O–H groups in total. The van der Waals surface area contributed by atoms with E-state index in [-0.39, 0.29) is 5.91 Å². The molecule has 1 aromatic heterocycles. The van der Waals surface area contributed by atoms with Crippen molar-refractivity contribution in [3.05, 3.63) is 30.1 Å². The van der Waals surface area contributed by atoms with E-state index in [9.17, 15) is 4.79 Å². The van der Waals surface area contributed by atoms with Crippen LogP contribution in [0.3, 0.4) is 0 Å². The quantitative estimate of drug-likeness (QED) is 0.799. The second-order valence-corrected chi connectivity index (χ2v) is 4.25. The molecule has 0 spiro atoms. The summed E-state index contributed by atoms with van der Waals surface area (Å²) in [7, 11) is 0. The van der Waals surface area contributed by atoms with Gasteiger partial charge >= 0.3 is 0 Å². The van der Waals surface area contributed by atoms with Crippen molar-refractivity contribution in [2.45, 2.75) is 12.8 Å². The summed E-state index contributed by atoms with van der Waals surface area (Å²) in [5, 5.41) is 0. The Morgan fingerprint density at radius 2 is 2.19 bits per heavy atom. The predicted octanol–water partition coefficient (Wildman–Crippen LogP) is 0.431. The maximum atomic E-state index is 11.6. The third-order valence-electron chi connectivity index (χ3n) is 3.05. The molecular weight excluding hydrogens is 202 g/mol. The Labute approximate surface area is 95.5 Å². The van der Waals surface area contributed by atoms with Crippen LogP contribution in [0.25, 0.3) is 0 Å². The number of nitrogens with zero attached hydrogens (tertiary/aromatic N) is 2. The van der Waals surface area contributed by atoms with Gasteiger partial charge in [-0.15, -0.1) is 0 Å². The monoisotopic (exact) mass is 219 g/mol. The van der Waals surface area contributed by atoms with Crippen molar-refractivity contribution in [2.75, 3.05) is 19.6 Å². The summed E-state index contributed by atoms with van der Waals surface area (Å²) in [4.78, 5) is 17.5. The molecule has 0 bridgehead atoms. The molecule has 1 aliphatic heterocycles. The topological polar surface area (TPSA) is 59.2 Å². The molecule has 1 fully saturated rings. The lowest BCUT2D eigenvalue weighted by Gasteiger charge is -2.16. The molecule has 1 amide bonds. The smallest absolute Gasteiger partial charge is 0.222 e. The van der Waals surface area contributed by atoms with Crippen LogP contribution in [0.4, 0.5) is 0 Å². The summed E-state index contributed by atoms with van der Waals surface area (Å²) in [6.07, 6.45) is 5.08. The summed E-state index contributed by atoms with van der Waals surface area (Å²) >= 11 is 0. The van der Waals surface area contributed by atoms with Gasteiger partial charge in [0.15, 0.2) is 0 Å². The van der Waals surface area contributed by atoms with Gasteiger partial charge in [0.2, 0.25) is 5.91 Å². The minimum absolute atomic E-state index is 0.240. The third-order valence-corrected chi connectivity index (χ3v) is 3.05. The second-order valence-electron chi connectivity index (χ2n) is 4.25. The number of nitrogens with two attached hydrogens (primary N) is 1. The standard InChI is InChI=1S/C12H17N3O/c13-8-11-7-12(16)15(9-11)6-3-10-1-4-14-5-2-10/h1-2,4-5,11H,3,6-9,13H2. The molecule has 4 nitrogen and oxygen atoms in total. The molecule has 0 aromatic carbocycles. The number of pyridine rings is 1. The largest absolute Gasteiger partial charge is 0.342 e. The zero-order chi connectivity index (χ0) is 11.4. The molecule has 1 unspecified atom stereocenters. The minimum Gasteiger partial charge on any atom is -0.342 e. The lowest BCUT2D eigenvalue weighted by Crippen LogP contribution is -2.28. The van der Waals surface area contributed by atoms with Crippen LogP contribution in [0.2, 0.25) is 0 Å². The lowest BCUT2D eigenvalue weighted by atomic mass is 10.1. The fourth-order valence-corrected chi connectivity index (χ4v) is 2.04. The van der Waals surface area contributed by atoms with Gasteiger partial charge in [0.1, 0.15) is 0 Å². The zero-order valence-electron chi connectivity index (χ0n) is 9.30. The number of hydrogen-bond donors (Lipinski definition) is 1. The van der Waals surface area contributed by atoms with Crippen molar-refractivity contribution in [1.82, 2.24) is 9.88 Å². The normalized spacial score (nSPS) is 20.4. The highest BCUT2D eigenvalue weighted by molar-refractivity contribution is 5.78. The molecule has 0 radical (unpaired) electrons. The van der Waals surface area contributed by atoms with Crippen molar-refractivity contribution in [1.29, 1.82) is 0 Å². The first kappa shape index (κ1) is 11.1. The first-order chi connectivity index (χ1) is 7.79. The van der Waals surface area contributed by atoms with E-state index in [1.54, 1.807) is 12.4 Å². The number of carbonyl (C=O) groups excluding carboxylic acids is 1. The highest BCUT2D eigenvalue weighted by atomic mass is 16.2. The number of amides is 1. The summed E-state index contributed by atoms with van der Waals surface area (Å²) < 4.78 is 0. The Morgan fingerprint density at radius 3 is 2.81 bits per heavy atom. The first-order valence-corrected chi connectivity index (χ1v) is 5.66. The van der Waals surface area contributed by atoms with Crippen molar-refractivity contribution >= 4 is 5.91 Å². The average molecular weight is 219 g/mol. The Bertz CT molecular complexity index is 353. The van der Waals surface area contributed by atoms with Crippen molar-refractivity contribution < 1.29 is 4.79 Å². The predicted molar refractivity (Wildman–Crippen MR) is 61.7 cm³/mol. The summed E-state index contributed by atoms with van der Waals surface area (Å²) in [5.74, 6) is 0.592. The van der Waals surface area contributed by atoms with Crippen molar-refractivity contribution in [3.63, 3.8) is 0 Å². The number of hydrogen-bond acceptors (Lipinski definition) is 3. The maximum absolute atomic E-state index is 11.6. The van der Waals surface area contributed by atoms with Crippen molar-refractivity contribution in [3.8, 4) is 0 Å². The Hall–Kier alpha value is -1.42. The fourth-order valence-electron chi connectivity index (χ4n) is 2.04. The van der Waals surface area contributed by atoms with Gasteiger partial charge in [0, 0.05) is 31.9 Å². The van der Waals surface area contributed by atoms with E-state index in [4.69, 9.17) is 5.73 Å². The SMILES string of the molecule is NCC1CC(=O)N(CCc2ccncc2)C1. The number of likely N-dealkylation sites (tertiary alicyclic amines) is 1. The molecule has 2 heterocycles. The molecule has 0 saturated carbocycles. The molecule has 1 saturated heterocycles. The average Bonchev–Trinajstić information content (AvgIpc) is 2.69. The summed E-state index contributed by atoms with van der Waals surface area (Å²) in [5.41, 5.74) is 6.80. The van der Waals surface area contributed by atoms with Gasteiger partial charge in [-0.25, -0.2) is 0 Å². The van der Waals surface area contributed by atoms with E-state index in [1.165, 1.54) is 5.56 Å². The molecule has 0 aliphatic carbocycles.